The molecule has 0 fully saturated rings. The van der Waals surface area contributed by atoms with Crippen molar-refractivity contribution in [2.45, 2.75) is 12.3 Å². The van der Waals surface area contributed by atoms with Crippen LogP contribution in [0.2, 0.25) is 5.02 Å². The van der Waals surface area contributed by atoms with Crippen LogP contribution in [-0.2, 0) is 5.41 Å². The maximum atomic E-state index is 12.8. The summed E-state index contributed by atoms with van der Waals surface area (Å²) in [6.07, 6.45) is 0. The second-order valence-corrected chi connectivity index (χ2v) is 3.95. The normalized spacial score (nSPS) is 15.2. The van der Waals surface area contributed by atoms with E-state index in [9.17, 15) is 9.50 Å². The Hall–Kier alpha value is -0.640. The Kier molecular flexibility index (Phi) is 3.48. The minimum absolute atomic E-state index is 0.116. The fourth-order valence-corrected chi connectivity index (χ4v) is 1.63. The molecule has 0 aromatic heterocycles. The molecule has 0 bridgehead atoms. The van der Waals surface area contributed by atoms with Crippen molar-refractivity contribution in [1.29, 1.82) is 0 Å². The van der Waals surface area contributed by atoms with Crippen molar-refractivity contribution < 1.29 is 9.50 Å². The lowest BCUT2D eigenvalue weighted by Crippen LogP contribution is -2.35. The van der Waals surface area contributed by atoms with Crippen molar-refractivity contribution in [3.8, 4) is 0 Å². The molecule has 1 atom stereocenters. The van der Waals surface area contributed by atoms with E-state index in [1.165, 1.54) is 12.1 Å². The molecular weight excluding hydrogens is 205 g/mol. The van der Waals surface area contributed by atoms with Crippen molar-refractivity contribution >= 4 is 11.6 Å². The molecule has 0 saturated carbocycles. The summed E-state index contributed by atoms with van der Waals surface area (Å²) in [6.45, 7) is 1.93. The van der Waals surface area contributed by atoms with Crippen LogP contribution in [0.25, 0.3) is 0 Å². The van der Waals surface area contributed by atoms with E-state index in [1.807, 2.05) is 0 Å². The lowest BCUT2D eigenvalue weighted by Gasteiger charge is -2.26. The molecule has 0 aliphatic heterocycles. The first-order chi connectivity index (χ1) is 6.53. The Morgan fingerprint density at radius 3 is 2.64 bits per heavy atom. The third-order valence-corrected chi connectivity index (χ3v) is 2.69. The van der Waals surface area contributed by atoms with Gasteiger partial charge in [0.05, 0.1) is 6.61 Å². The summed E-state index contributed by atoms with van der Waals surface area (Å²) in [5.41, 5.74) is 5.61. The first kappa shape index (κ1) is 11.4. The third kappa shape index (κ3) is 2.05. The predicted octanol–water partition coefficient (Wildman–Crippen LogP) is 1.69. The number of halogens is 2. The topological polar surface area (TPSA) is 46.2 Å². The number of hydrogen-bond acceptors (Lipinski definition) is 2. The molecule has 2 nitrogen and oxygen atoms in total. The molecule has 1 rings (SSSR count). The molecule has 0 saturated heterocycles. The summed E-state index contributed by atoms with van der Waals surface area (Å²) < 4.78 is 12.8. The molecule has 1 aromatic rings. The van der Waals surface area contributed by atoms with Gasteiger partial charge in [0.25, 0.3) is 0 Å². The lowest BCUT2D eigenvalue weighted by molar-refractivity contribution is 0.210. The van der Waals surface area contributed by atoms with Gasteiger partial charge < -0.3 is 10.8 Å². The van der Waals surface area contributed by atoms with Gasteiger partial charge in [-0.15, -0.1) is 0 Å². The number of benzene rings is 1. The van der Waals surface area contributed by atoms with Crippen molar-refractivity contribution in [3.05, 3.63) is 34.6 Å². The number of aliphatic hydroxyl groups is 1. The summed E-state index contributed by atoms with van der Waals surface area (Å²) in [6, 6.07) is 4.09. The molecule has 0 aliphatic carbocycles. The maximum absolute atomic E-state index is 12.8. The van der Waals surface area contributed by atoms with Crippen LogP contribution >= 0.6 is 11.6 Å². The SMILES string of the molecule is CC(CN)(CO)c1ccc(F)cc1Cl. The van der Waals surface area contributed by atoms with E-state index in [4.69, 9.17) is 17.3 Å². The molecule has 0 amide bonds. The van der Waals surface area contributed by atoms with Crippen molar-refractivity contribution in [2.75, 3.05) is 13.2 Å². The van der Waals surface area contributed by atoms with E-state index in [1.54, 1.807) is 13.0 Å². The summed E-state index contributed by atoms with van der Waals surface area (Å²) in [4.78, 5) is 0. The maximum Gasteiger partial charge on any atom is 0.124 e. The van der Waals surface area contributed by atoms with Crippen LogP contribution < -0.4 is 5.73 Å². The minimum Gasteiger partial charge on any atom is -0.395 e. The highest BCUT2D eigenvalue weighted by Gasteiger charge is 2.26. The van der Waals surface area contributed by atoms with Gasteiger partial charge in [-0.3, -0.25) is 0 Å². The van der Waals surface area contributed by atoms with Crippen LogP contribution in [-0.4, -0.2) is 18.3 Å². The molecule has 14 heavy (non-hydrogen) atoms. The van der Waals surface area contributed by atoms with Gasteiger partial charge in [-0.25, -0.2) is 4.39 Å². The van der Waals surface area contributed by atoms with E-state index in [2.05, 4.69) is 0 Å². The average molecular weight is 218 g/mol. The Bertz CT molecular complexity index is 326. The lowest BCUT2D eigenvalue weighted by atomic mass is 9.83. The Balaban J connectivity index is 3.17. The van der Waals surface area contributed by atoms with Crippen LogP contribution in [0.3, 0.4) is 0 Å². The zero-order chi connectivity index (χ0) is 10.8. The molecule has 4 heteroatoms. The molecule has 3 N–H and O–H groups in total. The van der Waals surface area contributed by atoms with Gasteiger partial charge in [-0.2, -0.15) is 0 Å². The monoisotopic (exact) mass is 217 g/mol. The summed E-state index contributed by atoms with van der Waals surface area (Å²) in [5.74, 6) is -0.393. The van der Waals surface area contributed by atoms with Crippen molar-refractivity contribution in [2.24, 2.45) is 5.73 Å². The van der Waals surface area contributed by atoms with E-state index in [0.717, 1.165) is 0 Å². The second-order valence-electron chi connectivity index (χ2n) is 3.55. The third-order valence-electron chi connectivity index (χ3n) is 2.38. The standard InChI is InChI=1S/C10H13ClFNO/c1-10(5-13,6-14)8-3-2-7(12)4-9(8)11/h2-4,14H,5-6,13H2,1H3. The van der Waals surface area contributed by atoms with Gasteiger partial charge in [0.15, 0.2) is 0 Å². The molecule has 0 aliphatic rings. The van der Waals surface area contributed by atoms with Gasteiger partial charge in [0.1, 0.15) is 5.82 Å². The smallest absolute Gasteiger partial charge is 0.124 e. The average Bonchev–Trinajstić information content (AvgIpc) is 2.17. The molecule has 0 spiro atoms. The van der Waals surface area contributed by atoms with Gasteiger partial charge in [-0.1, -0.05) is 24.6 Å². The van der Waals surface area contributed by atoms with E-state index >= 15 is 0 Å². The number of hydrogen-bond donors (Lipinski definition) is 2. The van der Waals surface area contributed by atoms with Gasteiger partial charge in [0, 0.05) is 17.0 Å². The molecule has 1 aromatic carbocycles. The fourth-order valence-electron chi connectivity index (χ4n) is 1.24. The quantitative estimate of drug-likeness (QED) is 0.810. The molecule has 0 heterocycles. The summed E-state index contributed by atoms with van der Waals surface area (Å²) in [7, 11) is 0. The molecule has 1 unspecified atom stereocenters. The second kappa shape index (κ2) is 4.26. The van der Waals surface area contributed by atoms with Gasteiger partial charge in [0.2, 0.25) is 0 Å². The van der Waals surface area contributed by atoms with Crippen molar-refractivity contribution in [3.63, 3.8) is 0 Å². The first-order valence-electron chi connectivity index (χ1n) is 4.30. The number of nitrogens with two attached hydrogens (primary N) is 1. The summed E-state index contributed by atoms with van der Waals surface area (Å²) >= 11 is 5.86. The first-order valence-corrected chi connectivity index (χ1v) is 4.68. The van der Waals surface area contributed by atoms with E-state index in [-0.39, 0.29) is 13.2 Å². The number of rotatable bonds is 3. The highest BCUT2D eigenvalue weighted by atomic mass is 35.5. The Morgan fingerprint density at radius 2 is 2.21 bits per heavy atom. The van der Waals surface area contributed by atoms with E-state index in [0.29, 0.717) is 10.6 Å². The van der Waals surface area contributed by atoms with Crippen LogP contribution in [0.4, 0.5) is 4.39 Å². The highest BCUT2D eigenvalue weighted by Crippen LogP contribution is 2.29. The molecule has 78 valence electrons. The van der Waals surface area contributed by atoms with Crippen LogP contribution in [0.1, 0.15) is 12.5 Å². The highest BCUT2D eigenvalue weighted by molar-refractivity contribution is 6.31. The van der Waals surface area contributed by atoms with Crippen LogP contribution in [0.15, 0.2) is 18.2 Å². The minimum atomic E-state index is -0.606. The Labute approximate surface area is 87.5 Å². The Morgan fingerprint density at radius 1 is 1.57 bits per heavy atom. The molecule has 0 radical (unpaired) electrons. The summed E-state index contributed by atoms with van der Waals surface area (Å²) in [5, 5.41) is 9.50. The van der Waals surface area contributed by atoms with Gasteiger partial charge >= 0.3 is 0 Å². The van der Waals surface area contributed by atoms with Crippen LogP contribution in [0.5, 0.6) is 0 Å². The van der Waals surface area contributed by atoms with Crippen LogP contribution in [0, 0.1) is 5.82 Å². The predicted molar refractivity (Wildman–Crippen MR) is 54.9 cm³/mol. The fraction of sp³-hybridized carbons (Fsp3) is 0.400. The molecular formula is C10H13ClFNO. The van der Waals surface area contributed by atoms with Gasteiger partial charge in [-0.05, 0) is 17.7 Å². The van der Waals surface area contributed by atoms with Crippen molar-refractivity contribution in [1.82, 2.24) is 0 Å². The zero-order valence-corrected chi connectivity index (χ0v) is 8.68. The number of aliphatic hydroxyl groups excluding tert-OH is 1. The van der Waals surface area contributed by atoms with E-state index < -0.39 is 11.2 Å². The largest absolute Gasteiger partial charge is 0.395 e. The zero-order valence-electron chi connectivity index (χ0n) is 7.93.